The van der Waals surface area contributed by atoms with E-state index in [1.165, 1.54) is 24.3 Å². The molecule has 2 aromatic rings. The van der Waals surface area contributed by atoms with Crippen LogP contribution in [0.2, 0.25) is 0 Å². The van der Waals surface area contributed by atoms with Gasteiger partial charge in [0.2, 0.25) is 0 Å². The minimum atomic E-state index is -0.425. The van der Waals surface area contributed by atoms with Gasteiger partial charge >= 0.3 is 0 Å². The maximum Gasteiger partial charge on any atom is 0.269 e. The first-order chi connectivity index (χ1) is 12.5. The van der Waals surface area contributed by atoms with Crippen molar-refractivity contribution in [2.45, 2.75) is 31.2 Å². The van der Waals surface area contributed by atoms with Crippen molar-refractivity contribution in [1.82, 2.24) is 4.90 Å². The lowest BCUT2D eigenvalue weighted by atomic mass is 9.95. The number of non-ortho nitro benzene ring substituents is 2. The second-order valence-corrected chi connectivity index (χ2v) is 6.53. The largest absolute Gasteiger partial charge is 0.353 e. The van der Waals surface area contributed by atoms with E-state index in [9.17, 15) is 20.2 Å². The van der Waals surface area contributed by atoms with Gasteiger partial charge in [0.05, 0.1) is 15.9 Å². The van der Waals surface area contributed by atoms with Gasteiger partial charge in [-0.25, -0.2) is 0 Å². The van der Waals surface area contributed by atoms with Crippen LogP contribution in [0.1, 0.15) is 36.1 Å². The number of ether oxygens (including phenoxy) is 1. The zero-order chi connectivity index (χ0) is 18.3. The van der Waals surface area contributed by atoms with Crippen LogP contribution in [0, 0.1) is 20.2 Å². The lowest BCUT2D eigenvalue weighted by Gasteiger charge is -2.25. The smallest absolute Gasteiger partial charge is 0.269 e. The van der Waals surface area contributed by atoms with Crippen molar-refractivity contribution in [1.29, 1.82) is 0 Å². The fraction of sp³-hybridized carbons (Fsp3) is 0.333. The zero-order valence-corrected chi connectivity index (χ0v) is 13.9. The van der Waals surface area contributed by atoms with Crippen LogP contribution < -0.4 is 0 Å². The Kier molecular flexibility index (Phi) is 4.14. The Morgan fingerprint density at radius 1 is 0.885 bits per heavy atom. The summed E-state index contributed by atoms with van der Waals surface area (Å²) in [6.45, 7) is 0.899. The molecule has 0 N–H and O–H groups in total. The van der Waals surface area contributed by atoms with Crippen molar-refractivity contribution >= 4 is 11.4 Å². The van der Waals surface area contributed by atoms with Crippen LogP contribution in [-0.2, 0) is 4.74 Å². The molecule has 2 unspecified atom stereocenters. The topological polar surface area (TPSA) is 98.8 Å². The normalized spacial score (nSPS) is 25.2. The Balaban J connectivity index is 1.68. The molecule has 0 aromatic heterocycles. The highest BCUT2D eigenvalue weighted by Crippen LogP contribution is 2.48. The lowest BCUT2D eigenvalue weighted by Crippen LogP contribution is -2.26. The molecule has 2 saturated heterocycles. The summed E-state index contributed by atoms with van der Waals surface area (Å²) in [6.07, 6.45) is 1.73. The highest BCUT2D eigenvalue weighted by atomic mass is 16.6. The number of nitrogens with zero attached hydrogens (tertiary/aromatic N) is 3. The van der Waals surface area contributed by atoms with E-state index >= 15 is 0 Å². The second-order valence-electron chi connectivity index (χ2n) is 6.53. The van der Waals surface area contributed by atoms with Crippen LogP contribution in [0.5, 0.6) is 0 Å². The molecular formula is C18H17N3O5. The van der Waals surface area contributed by atoms with Gasteiger partial charge in [-0.05, 0) is 36.1 Å². The third-order valence-corrected chi connectivity index (χ3v) is 5.06. The summed E-state index contributed by atoms with van der Waals surface area (Å²) >= 11 is 0. The van der Waals surface area contributed by atoms with E-state index in [1.54, 1.807) is 24.3 Å². The van der Waals surface area contributed by atoms with Crippen molar-refractivity contribution in [3.8, 4) is 0 Å². The predicted molar refractivity (Wildman–Crippen MR) is 92.5 cm³/mol. The van der Waals surface area contributed by atoms with Crippen LogP contribution in [0.4, 0.5) is 11.4 Å². The number of nitro groups is 2. The predicted octanol–water partition coefficient (Wildman–Crippen LogP) is 3.74. The number of rotatable bonds is 4. The molecule has 3 atom stereocenters. The van der Waals surface area contributed by atoms with Crippen molar-refractivity contribution in [2.24, 2.45) is 0 Å². The third-order valence-electron chi connectivity index (χ3n) is 5.06. The monoisotopic (exact) mass is 355 g/mol. The van der Waals surface area contributed by atoms with E-state index in [2.05, 4.69) is 4.90 Å². The molecule has 2 heterocycles. The summed E-state index contributed by atoms with van der Waals surface area (Å²) in [4.78, 5) is 23.2. The van der Waals surface area contributed by atoms with Gasteiger partial charge in [0, 0.05) is 30.8 Å². The quantitative estimate of drug-likeness (QED) is 0.612. The molecule has 0 saturated carbocycles. The summed E-state index contributed by atoms with van der Waals surface area (Å²) in [5.74, 6) is 0. The Morgan fingerprint density at radius 3 is 1.96 bits per heavy atom. The fourth-order valence-electron chi connectivity index (χ4n) is 3.85. The van der Waals surface area contributed by atoms with Crippen LogP contribution in [0.15, 0.2) is 48.5 Å². The number of benzene rings is 2. The summed E-state index contributed by atoms with van der Waals surface area (Å²) in [5.41, 5.74) is 1.91. The molecule has 2 aliphatic rings. The first-order valence-corrected chi connectivity index (χ1v) is 8.44. The number of fused-ring (bicyclic) bond motifs is 1. The van der Waals surface area contributed by atoms with Gasteiger partial charge in [-0.2, -0.15) is 0 Å². The highest BCUT2D eigenvalue weighted by molar-refractivity contribution is 5.38. The molecule has 2 aliphatic heterocycles. The minimum absolute atomic E-state index is 0.00961. The van der Waals surface area contributed by atoms with Crippen LogP contribution in [-0.4, -0.2) is 27.5 Å². The minimum Gasteiger partial charge on any atom is -0.353 e. The number of nitro benzene ring substituents is 2. The first-order valence-electron chi connectivity index (χ1n) is 8.44. The summed E-state index contributed by atoms with van der Waals surface area (Å²) < 4.78 is 6.24. The standard InChI is InChI=1S/C18H17N3O5/c22-20(23)14-7-3-12(4-8-14)17-18(26-16-2-1-11-19(16)17)13-5-9-15(10-6-13)21(24)25/h3-10,16-18H,1-2,11H2/t16-,17?,18?/m0/s1. The van der Waals surface area contributed by atoms with Gasteiger partial charge in [-0.3, -0.25) is 25.1 Å². The SMILES string of the molecule is O=[N+]([O-])c1ccc(C2O[C@H]3CCCN3C2c2ccc([N+](=O)[O-])cc2)cc1. The molecule has 0 radical (unpaired) electrons. The fourth-order valence-corrected chi connectivity index (χ4v) is 3.85. The van der Waals surface area contributed by atoms with Gasteiger partial charge in [-0.1, -0.05) is 12.1 Å². The highest BCUT2D eigenvalue weighted by Gasteiger charge is 2.45. The molecule has 134 valence electrons. The van der Waals surface area contributed by atoms with Gasteiger partial charge in [-0.15, -0.1) is 0 Å². The molecule has 2 aromatic carbocycles. The van der Waals surface area contributed by atoms with Crippen molar-refractivity contribution in [3.63, 3.8) is 0 Å². The average molecular weight is 355 g/mol. The molecule has 8 heteroatoms. The van der Waals surface area contributed by atoms with Crippen molar-refractivity contribution in [2.75, 3.05) is 6.54 Å². The van der Waals surface area contributed by atoms with Crippen LogP contribution in [0.3, 0.4) is 0 Å². The zero-order valence-electron chi connectivity index (χ0n) is 13.9. The molecular weight excluding hydrogens is 338 g/mol. The van der Waals surface area contributed by atoms with Gasteiger partial charge in [0.25, 0.3) is 11.4 Å². The molecule has 2 fully saturated rings. The maximum absolute atomic E-state index is 10.9. The van der Waals surface area contributed by atoms with Crippen LogP contribution in [0.25, 0.3) is 0 Å². The number of hydrogen-bond acceptors (Lipinski definition) is 6. The Morgan fingerprint density at radius 2 is 1.42 bits per heavy atom. The summed E-state index contributed by atoms with van der Waals surface area (Å²) in [5, 5.41) is 21.8. The van der Waals surface area contributed by atoms with E-state index in [-0.39, 0.29) is 29.7 Å². The van der Waals surface area contributed by atoms with E-state index in [4.69, 9.17) is 4.74 Å². The molecule has 0 bridgehead atoms. The van der Waals surface area contributed by atoms with Crippen molar-refractivity contribution < 1.29 is 14.6 Å². The number of hydrogen-bond donors (Lipinski definition) is 0. The van der Waals surface area contributed by atoms with Gasteiger partial charge in [0.15, 0.2) is 0 Å². The summed E-state index contributed by atoms with van der Waals surface area (Å²) in [6, 6.07) is 12.9. The van der Waals surface area contributed by atoms with E-state index < -0.39 is 9.85 Å². The summed E-state index contributed by atoms with van der Waals surface area (Å²) in [7, 11) is 0. The Hall–Kier alpha value is -2.84. The third kappa shape index (κ3) is 2.83. The first kappa shape index (κ1) is 16.6. The van der Waals surface area contributed by atoms with Crippen LogP contribution >= 0.6 is 0 Å². The van der Waals surface area contributed by atoms with E-state index in [0.717, 1.165) is 30.5 Å². The van der Waals surface area contributed by atoms with Crippen molar-refractivity contribution in [3.05, 3.63) is 79.9 Å². The van der Waals surface area contributed by atoms with Gasteiger partial charge < -0.3 is 4.74 Å². The van der Waals surface area contributed by atoms with Gasteiger partial charge in [0.1, 0.15) is 12.3 Å². The molecule has 0 amide bonds. The second kappa shape index (κ2) is 6.47. The molecule has 0 aliphatic carbocycles. The van der Waals surface area contributed by atoms with E-state index in [0.29, 0.717) is 0 Å². The average Bonchev–Trinajstić information content (AvgIpc) is 3.23. The Labute approximate surface area is 149 Å². The molecule has 4 rings (SSSR count). The molecule has 8 nitrogen and oxygen atoms in total. The molecule has 0 spiro atoms. The molecule has 26 heavy (non-hydrogen) atoms. The Bertz CT molecular complexity index is 837. The maximum atomic E-state index is 10.9. The lowest BCUT2D eigenvalue weighted by molar-refractivity contribution is -0.385. The van der Waals surface area contributed by atoms with E-state index in [1.807, 2.05) is 0 Å².